The Morgan fingerprint density at radius 1 is 1.12 bits per heavy atom. The van der Waals surface area contributed by atoms with Gasteiger partial charge in [-0.25, -0.2) is 13.1 Å². The first-order valence-corrected chi connectivity index (χ1v) is 10.0. The molecule has 0 radical (unpaired) electrons. The van der Waals surface area contributed by atoms with Gasteiger partial charge in [-0.15, -0.1) is 24.8 Å². The molecule has 2 aromatic rings. The van der Waals surface area contributed by atoms with Crippen molar-refractivity contribution in [2.75, 3.05) is 39.3 Å². The van der Waals surface area contributed by atoms with E-state index in [0.717, 1.165) is 55.6 Å². The van der Waals surface area contributed by atoms with Crippen molar-refractivity contribution in [3.8, 4) is 0 Å². The number of hydrogen-bond acceptors (Lipinski definition) is 5. The van der Waals surface area contributed by atoms with E-state index in [2.05, 4.69) is 19.9 Å². The van der Waals surface area contributed by atoms with E-state index in [0.29, 0.717) is 6.54 Å². The summed E-state index contributed by atoms with van der Waals surface area (Å²) >= 11 is 0. The van der Waals surface area contributed by atoms with Crippen molar-refractivity contribution in [2.24, 2.45) is 0 Å². The second kappa shape index (κ2) is 11.0. The minimum Gasteiger partial charge on any atom is -0.314 e. The summed E-state index contributed by atoms with van der Waals surface area (Å²) in [5, 5.41) is 4.27. The summed E-state index contributed by atoms with van der Waals surface area (Å²) in [6.07, 6.45) is 2.52. The minimum absolute atomic E-state index is 0. The second-order valence-corrected chi connectivity index (χ2v) is 7.90. The summed E-state index contributed by atoms with van der Waals surface area (Å²) in [7, 11) is -3.35. The van der Waals surface area contributed by atoms with E-state index in [1.807, 2.05) is 30.3 Å². The molecule has 2 heterocycles. The third kappa shape index (κ3) is 6.64. The number of benzene rings is 1. The highest BCUT2D eigenvalue weighted by Gasteiger charge is 2.14. The van der Waals surface area contributed by atoms with Crippen molar-refractivity contribution in [2.45, 2.75) is 12.2 Å². The van der Waals surface area contributed by atoms with Gasteiger partial charge >= 0.3 is 0 Å². The van der Waals surface area contributed by atoms with Gasteiger partial charge in [-0.1, -0.05) is 24.3 Å². The van der Waals surface area contributed by atoms with Crippen molar-refractivity contribution < 1.29 is 8.42 Å². The van der Waals surface area contributed by atoms with Gasteiger partial charge in [-0.05, 0) is 24.6 Å². The molecule has 6 nitrogen and oxygen atoms in total. The van der Waals surface area contributed by atoms with Crippen LogP contribution in [-0.2, 0) is 15.8 Å². The molecule has 0 amide bonds. The van der Waals surface area contributed by atoms with Gasteiger partial charge in [-0.2, -0.15) is 0 Å². The SMILES string of the molecule is Cl.Cl.O=S(=O)(Cc1cccc2cccnc12)NCCCN1CCNCC1. The van der Waals surface area contributed by atoms with E-state index in [4.69, 9.17) is 0 Å². The lowest BCUT2D eigenvalue weighted by Crippen LogP contribution is -2.44. The lowest BCUT2D eigenvalue weighted by molar-refractivity contribution is 0.239. The van der Waals surface area contributed by atoms with Gasteiger partial charge < -0.3 is 10.2 Å². The molecule has 1 aliphatic rings. The first-order valence-electron chi connectivity index (χ1n) is 8.37. The molecule has 1 aromatic heterocycles. The Bertz CT molecular complexity index is 778. The number of rotatable bonds is 7. The largest absolute Gasteiger partial charge is 0.314 e. The van der Waals surface area contributed by atoms with Gasteiger partial charge in [0.2, 0.25) is 10.0 Å². The highest BCUT2D eigenvalue weighted by atomic mass is 35.5. The van der Waals surface area contributed by atoms with E-state index >= 15 is 0 Å². The van der Waals surface area contributed by atoms with Crippen molar-refractivity contribution in [1.82, 2.24) is 19.9 Å². The molecule has 0 spiro atoms. The zero-order valence-electron chi connectivity index (χ0n) is 14.6. The Labute approximate surface area is 167 Å². The van der Waals surface area contributed by atoms with Gasteiger partial charge in [0.05, 0.1) is 11.3 Å². The van der Waals surface area contributed by atoms with E-state index in [1.165, 1.54) is 0 Å². The zero-order valence-corrected chi connectivity index (χ0v) is 17.0. The average Bonchev–Trinajstić information content (AvgIpc) is 2.60. The molecule has 0 saturated carbocycles. The normalized spacial score (nSPS) is 15.2. The van der Waals surface area contributed by atoms with Crippen molar-refractivity contribution in [3.63, 3.8) is 0 Å². The van der Waals surface area contributed by atoms with Crippen LogP contribution in [0, 0.1) is 0 Å². The maximum absolute atomic E-state index is 12.3. The number of para-hydroxylation sites is 1. The molecule has 1 fully saturated rings. The number of halogens is 2. The van der Waals surface area contributed by atoms with Crippen LogP contribution in [0.5, 0.6) is 0 Å². The molecule has 2 N–H and O–H groups in total. The lowest BCUT2D eigenvalue weighted by Gasteiger charge is -2.27. The lowest BCUT2D eigenvalue weighted by atomic mass is 10.1. The summed E-state index contributed by atoms with van der Waals surface area (Å²) in [6, 6.07) is 9.45. The fourth-order valence-corrected chi connectivity index (χ4v) is 4.20. The quantitative estimate of drug-likeness (QED) is 0.667. The fraction of sp³-hybridized carbons (Fsp3) is 0.471. The summed E-state index contributed by atoms with van der Waals surface area (Å²) < 4.78 is 27.4. The Hall–Kier alpha value is -0.960. The first kappa shape index (κ1) is 23.1. The monoisotopic (exact) mass is 420 g/mol. The van der Waals surface area contributed by atoms with Gasteiger partial charge in [-0.3, -0.25) is 4.98 Å². The number of pyridine rings is 1. The summed E-state index contributed by atoms with van der Waals surface area (Å²) in [6.45, 7) is 5.51. The first-order chi connectivity index (χ1) is 11.6. The molecule has 0 unspecified atom stereocenters. The maximum Gasteiger partial charge on any atom is 0.215 e. The molecular weight excluding hydrogens is 395 g/mol. The molecule has 3 rings (SSSR count). The average molecular weight is 421 g/mol. The zero-order chi connectivity index (χ0) is 16.8. The predicted molar refractivity (Wildman–Crippen MR) is 111 cm³/mol. The molecule has 0 atom stereocenters. The Kier molecular flexibility index (Phi) is 9.78. The second-order valence-electron chi connectivity index (χ2n) is 6.09. The van der Waals surface area contributed by atoms with Gasteiger partial charge in [0.1, 0.15) is 0 Å². The third-order valence-corrected chi connectivity index (χ3v) is 5.58. The molecule has 26 heavy (non-hydrogen) atoms. The van der Waals surface area contributed by atoms with E-state index in [-0.39, 0.29) is 30.6 Å². The van der Waals surface area contributed by atoms with Crippen LogP contribution in [0.15, 0.2) is 36.5 Å². The number of aromatic nitrogens is 1. The highest BCUT2D eigenvalue weighted by Crippen LogP contribution is 2.17. The minimum atomic E-state index is -3.35. The van der Waals surface area contributed by atoms with Crippen molar-refractivity contribution >= 4 is 45.7 Å². The standard InChI is InChI=1S/C17H24N4O2S.2ClH/c22-24(23,20-8-3-11-21-12-9-18-10-13-21)14-16-5-1-4-15-6-2-7-19-17(15)16;;/h1-2,4-7,18,20H,3,8-14H2;2*1H. The Morgan fingerprint density at radius 3 is 2.62 bits per heavy atom. The van der Waals surface area contributed by atoms with Crippen molar-refractivity contribution in [3.05, 3.63) is 42.1 Å². The third-order valence-electron chi connectivity index (χ3n) is 4.24. The molecular formula is C17H26Cl2N4O2S. The van der Waals surface area contributed by atoms with Gasteiger partial charge in [0.25, 0.3) is 0 Å². The van der Waals surface area contributed by atoms with E-state index in [1.54, 1.807) is 6.20 Å². The number of nitrogens with one attached hydrogen (secondary N) is 2. The highest BCUT2D eigenvalue weighted by molar-refractivity contribution is 7.88. The molecule has 1 saturated heterocycles. The fourth-order valence-electron chi connectivity index (χ4n) is 3.00. The number of nitrogens with zero attached hydrogens (tertiary/aromatic N) is 2. The van der Waals surface area contributed by atoms with Crippen LogP contribution in [0.1, 0.15) is 12.0 Å². The molecule has 1 aromatic carbocycles. The summed E-state index contributed by atoms with van der Waals surface area (Å²) in [5.41, 5.74) is 1.49. The van der Waals surface area contributed by atoms with Crippen molar-refractivity contribution in [1.29, 1.82) is 0 Å². The number of piperazine rings is 1. The van der Waals surface area contributed by atoms with Gasteiger partial charge in [0, 0.05) is 44.3 Å². The Balaban J connectivity index is 0.00000169. The van der Waals surface area contributed by atoms with Crippen LogP contribution >= 0.6 is 24.8 Å². The molecule has 0 aliphatic carbocycles. The maximum atomic E-state index is 12.3. The molecule has 1 aliphatic heterocycles. The number of hydrogen-bond donors (Lipinski definition) is 2. The smallest absolute Gasteiger partial charge is 0.215 e. The topological polar surface area (TPSA) is 74.3 Å². The van der Waals surface area contributed by atoms with E-state index < -0.39 is 10.0 Å². The van der Waals surface area contributed by atoms with Gasteiger partial charge in [0.15, 0.2) is 0 Å². The summed E-state index contributed by atoms with van der Waals surface area (Å²) in [4.78, 5) is 6.68. The number of fused-ring (bicyclic) bond motifs is 1. The Morgan fingerprint density at radius 2 is 1.85 bits per heavy atom. The number of sulfonamides is 1. The van der Waals surface area contributed by atoms with Crippen LogP contribution < -0.4 is 10.0 Å². The van der Waals surface area contributed by atoms with Crippen LogP contribution in [-0.4, -0.2) is 57.6 Å². The van der Waals surface area contributed by atoms with Crippen LogP contribution in [0.25, 0.3) is 10.9 Å². The molecule has 0 bridgehead atoms. The van der Waals surface area contributed by atoms with E-state index in [9.17, 15) is 8.42 Å². The molecule has 9 heteroatoms. The van der Waals surface area contributed by atoms with Crippen LogP contribution in [0.2, 0.25) is 0 Å². The van der Waals surface area contributed by atoms with Crippen LogP contribution in [0.3, 0.4) is 0 Å². The van der Waals surface area contributed by atoms with Crippen LogP contribution in [0.4, 0.5) is 0 Å². The predicted octanol–water partition coefficient (Wildman–Crippen LogP) is 1.79. The molecule has 146 valence electrons. The summed E-state index contributed by atoms with van der Waals surface area (Å²) in [5.74, 6) is -0.0328.